The molecule has 2 aliphatic heterocycles. The summed E-state index contributed by atoms with van der Waals surface area (Å²) >= 11 is 0. The molecule has 0 radical (unpaired) electrons. The van der Waals surface area contributed by atoms with E-state index in [9.17, 15) is 0 Å². The molecule has 0 spiro atoms. The van der Waals surface area contributed by atoms with Crippen LogP contribution in [0.15, 0.2) is 12.4 Å². The lowest BCUT2D eigenvalue weighted by Gasteiger charge is -2.31. The van der Waals surface area contributed by atoms with Crippen molar-refractivity contribution in [2.75, 3.05) is 24.5 Å². The van der Waals surface area contributed by atoms with Crippen LogP contribution < -0.4 is 4.90 Å². The van der Waals surface area contributed by atoms with Crippen molar-refractivity contribution in [3.63, 3.8) is 0 Å². The van der Waals surface area contributed by atoms with Crippen LogP contribution >= 0.6 is 0 Å². The van der Waals surface area contributed by atoms with E-state index in [4.69, 9.17) is 9.97 Å². The molecular weight excluding hydrogens is 312 g/mol. The van der Waals surface area contributed by atoms with Crippen molar-refractivity contribution in [1.29, 1.82) is 0 Å². The summed E-state index contributed by atoms with van der Waals surface area (Å²) in [6.07, 6.45) is 5.07. The smallest absolute Gasteiger partial charge is 0.225 e. The third-order valence-corrected chi connectivity index (χ3v) is 5.28. The minimum atomic E-state index is 0.578. The number of hydrogen-bond acceptors (Lipinski definition) is 5. The van der Waals surface area contributed by atoms with Gasteiger partial charge in [-0.15, -0.1) is 0 Å². The van der Waals surface area contributed by atoms with E-state index in [0.717, 1.165) is 50.7 Å². The summed E-state index contributed by atoms with van der Waals surface area (Å²) in [5, 5.41) is 0. The van der Waals surface area contributed by atoms with E-state index in [1.165, 1.54) is 23.5 Å². The number of hydrogen-bond donors (Lipinski definition) is 1. The lowest BCUT2D eigenvalue weighted by molar-refractivity contribution is 0.188. The minimum absolute atomic E-state index is 0.578. The first kappa shape index (κ1) is 16.5. The molecule has 0 saturated carbocycles. The molecular formula is C19H28N6. The van der Waals surface area contributed by atoms with Gasteiger partial charge in [0, 0.05) is 50.0 Å². The number of aromatic nitrogens is 4. The standard InChI is InChI=1S/C19H28N6/c1-13(2)8-15-9-14(3)22-19(23-15)25-6-4-16(10-25)24-7-5-17-18(11-24)21-12-20-17/h9,12-13,16H,4-8,10-11H2,1-3H3,(H,20,21)/t16-/m1/s1. The number of H-pyrrole nitrogens is 1. The normalized spacial score (nSPS) is 21.1. The maximum absolute atomic E-state index is 4.84. The van der Waals surface area contributed by atoms with Gasteiger partial charge in [-0.1, -0.05) is 13.8 Å². The lowest BCUT2D eigenvalue weighted by atomic mass is 10.1. The summed E-state index contributed by atoms with van der Waals surface area (Å²) in [6, 6.07) is 2.70. The fraction of sp³-hybridized carbons (Fsp3) is 0.632. The molecule has 6 heteroatoms. The Balaban J connectivity index is 1.45. The summed E-state index contributed by atoms with van der Waals surface area (Å²) in [7, 11) is 0. The quantitative estimate of drug-likeness (QED) is 0.926. The molecule has 0 aliphatic carbocycles. The summed E-state index contributed by atoms with van der Waals surface area (Å²) in [4.78, 5) is 22.2. The highest BCUT2D eigenvalue weighted by molar-refractivity contribution is 5.35. The van der Waals surface area contributed by atoms with Crippen LogP contribution in [0.25, 0.3) is 0 Å². The van der Waals surface area contributed by atoms with E-state index in [-0.39, 0.29) is 0 Å². The zero-order valence-electron chi connectivity index (χ0n) is 15.5. The molecule has 0 unspecified atom stereocenters. The van der Waals surface area contributed by atoms with E-state index in [1.54, 1.807) is 0 Å². The third-order valence-electron chi connectivity index (χ3n) is 5.28. The number of nitrogens with one attached hydrogen (secondary N) is 1. The highest BCUT2D eigenvalue weighted by Gasteiger charge is 2.31. The maximum Gasteiger partial charge on any atom is 0.225 e. The predicted octanol–water partition coefficient (Wildman–Crippen LogP) is 2.34. The number of rotatable bonds is 4. The van der Waals surface area contributed by atoms with Crippen LogP contribution in [-0.4, -0.2) is 50.5 Å². The van der Waals surface area contributed by atoms with Crippen LogP contribution in [0.3, 0.4) is 0 Å². The van der Waals surface area contributed by atoms with Crippen LogP contribution in [-0.2, 0) is 19.4 Å². The fourth-order valence-electron chi connectivity index (χ4n) is 4.05. The van der Waals surface area contributed by atoms with Gasteiger partial charge < -0.3 is 9.88 Å². The van der Waals surface area contributed by atoms with Gasteiger partial charge in [0.15, 0.2) is 0 Å². The van der Waals surface area contributed by atoms with E-state index in [0.29, 0.717) is 12.0 Å². The highest BCUT2D eigenvalue weighted by atomic mass is 15.3. The molecule has 25 heavy (non-hydrogen) atoms. The molecule has 6 nitrogen and oxygen atoms in total. The Kier molecular flexibility index (Phi) is 4.46. The molecule has 2 aromatic heterocycles. The van der Waals surface area contributed by atoms with Crippen molar-refractivity contribution in [2.24, 2.45) is 5.92 Å². The van der Waals surface area contributed by atoms with Crippen molar-refractivity contribution < 1.29 is 0 Å². The molecule has 0 bridgehead atoms. The Morgan fingerprint density at radius 1 is 1.28 bits per heavy atom. The predicted molar refractivity (Wildman–Crippen MR) is 98.6 cm³/mol. The van der Waals surface area contributed by atoms with Crippen LogP contribution in [0.4, 0.5) is 5.95 Å². The average molecular weight is 340 g/mol. The number of aryl methyl sites for hydroxylation is 1. The zero-order chi connectivity index (χ0) is 17.4. The van der Waals surface area contributed by atoms with Crippen LogP contribution in [0.2, 0.25) is 0 Å². The van der Waals surface area contributed by atoms with E-state index < -0.39 is 0 Å². The van der Waals surface area contributed by atoms with Crippen LogP contribution in [0.5, 0.6) is 0 Å². The zero-order valence-corrected chi connectivity index (χ0v) is 15.5. The molecule has 1 atom stereocenters. The molecule has 1 fully saturated rings. The summed E-state index contributed by atoms with van der Waals surface area (Å²) < 4.78 is 0. The maximum atomic E-state index is 4.84. The monoisotopic (exact) mass is 340 g/mol. The molecule has 1 N–H and O–H groups in total. The largest absolute Gasteiger partial charge is 0.347 e. The van der Waals surface area contributed by atoms with E-state index in [2.05, 4.69) is 46.6 Å². The van der Waals surface area contributed by atoms with Crippen molar-refractivity contribution in [3.05, 3.63) is 35.2 Å². The van der Waals surface area contributed by atoms with E-state index >= 15 is 0 Å². The molecule has 4 heterocycles. The first-order valence-corrected chi connectivity index (χ1v) is 9.43. The Morgan fingerprint density at radius 3 is 3.00 bits per heavy atom. The summed E-state index contributed by atoms with van der Waals surface area (Å²) in [5.74, 6) is 1.53. The fourth-order valence-corrected chi connectivity index (χ4v) is 4.05. The SMILES string of the molecule is Cc1cc(CC(C)C)nc(N2CC[C@@H](N3CCc4nc[nH]c4C3)C2)n1. The van der Waals surface area contributed by atoms with Crippen molar-refractivity contribution in [2.45, 2.75) is 52.6 Å². The average Bonchev–Trinajstić information content (AvgIpc) is 3.22. The van der Waals surface area contributed by atoms with Gasteiger partial charge in [0.1, 0.15) is 0 Å². The Hall–Kier alpha value is -1.95. The Morgan fingerprint density at radius 2 is 2.16 bits per heavy atom. The van der Waals surface area contributed by atoms with Gasteiger partial charge in [0.05, 0.1) is 17.7 Å². The second kappa shape index (κ2) is 6.75. The molecule has 4 rings (SSSR count). The van der Waals surface area contributed by atoms with Crippen molar-refractivity contribution in [1.82, 2.24) is 24.8 Å². The molecule has 134 valence electrons. The van der Waals surface area contributed by atoms with Crippen LogP contribution in [0.1, 0.15) is 43.0 Å². The van der Waals surface area contributed by atoms with Gasteiger partial charge in [0.2, 0.25) is 5.95 Å². The first-order valence-electron chi connectivity index (χ1n) is 9.43. The molecule has 2 aromatic rings. The number of anilines is 1. The first-order chi connectivity index (χ1) is 12.1. The van der Waals surface area contributed by atoms with E-state index in [1.807, 2.05) is 6.33 Å². The topological polar surface area (TPSA) is 60.9 Å². The molecule has 0 aromatic carbocycles. The van der Waals surface area contributed by atoms with Gasteiger partial charge in [0.25, 0.3) is 0 Å². The molecule has 2 aliphatic rings. The molecule has 1 saturated heterocycles. The Labute approximate surface area is 149 Å². The number of imidazole rings is 1. The molecule has 0 amide bonds. The highest BCUT2D eigenvalue weighted by Crippen LogP contribution is 2.25. The van der Waals surface area contributed by atoms with Crippen molar-refractivity contribution in [3.8, 4) is 0 Å². The van der Waals surface area contributed by atoms with Crippen LogP contribution in [0, 0.1) is 12.8 Å². The Bertz CT molecular complexity index is 737. The minimum Gasteiger partial charge on any atom is -0.347 e. The van der Waals surface area contributed by atoms with Gasteiger partial charge in [-0.2, -0.15) is 0 Å². The van der Waals surface area contributed by atoms with Gasteiger partial charge in [-0.25, -0.2) is 15.0 Å². The second-order valence-corrected chi connectivity index (χ2v) is 7.84. The van der Waals surface area contributed by atoms with Crippen molar-refractivity contribution >= 4 is 5.95 Å². The lowest BCUT2D eigenvalue weighted by Crippen LogP contribution is -2.41. The third kappa shape index (κ3) is 3.54. The van der Waals surface area contributed by atoms with Gasteiger partial charge in [-0.3, -0.25) is 4.90 Å². The number of nitrogens with zero attached hydrogens (tertiary/aromatic N) is 5. The summed E-state index contributed by atoms with van der Waals surface area (Å²) in [5.41, 5.74) is 4.77. The number of aromatic amines is 1. The second-order valence-electron chi connectivity index (χ2n) is 7.84. The number of fused-ring (bicyclic) bond motifs is 1. The van der Waals surface area contributed by atoms with Gasteiger partial charge in [-0.05, 0) is 31.7 Å². The summed E-state index contributed by atoms with van der Waals surface area (Å²) in [6.45, 7) is 10.7. The van der Waals surface area contributed by atoms with Gasteiger partial charge >= 0.3 is 0 Å².